The third-order valence-electron chi connectivity index (χ3n) is 4.26. The standard InChI is InChI=1S/C13H27N3O2S/c1-16-8-5-12(6-9-16)10-15-19(17,18)11-13-4-2-3-7-14-13/h12-15H,2-11H2,1H3. The van der Waals surface area contributed by atoms with Gasteiger partial charge in [0, 0.05) is 12.6 Å². The largest absolute Gasteiger partial charge is 0.313 e. The van der Waals surface area contributed by atoms with Crippen LogP contribution in [0.25, 0.3) is 0 Å². The van der Waals surface area contributed by atoms with Crippen LogP contribution in [0, 0.1) is 5.92 Å². The Morgan fingerprint density at radius 3 is 2.58 bits per heavy atom. The summed E-state index contributed by atoms with van der Waals surface area (Å²) in [6.45, 7) is 3.73. The van der Waals surface area contributed by atoms with E-state index in [4.69, 9.17) is 0 Å². The fourth-order valence-electron chi connectivity index (χ4n) is 2.90. The molecule has 0 saturated carbocycles. The summed E-state index contributed by atoms with van der Waals surface area (Å²) in [7, 11) is -1.00. The number of nitrogens with one attached hydrogen (secondary N) is 2. The molecule has 2 aliphatic heterocycles. The van der Waals surface area contributed by atoms with Gasteiger partial charge in [0.05, 0.1) is 5.75 Å². The van der Waals surface area contributed by atoms with Gasteiger partial charge in [-0.3, -0.25) is 0 Å². The quantitative estimate of drug-likeness (QED) is 0.769. The molecule has 6 heteroatoms. The zero-order chi connectivity index (χ0) is 13.7. The monoisotopic (exact) mass is 289 g/mol. The average Bonchev–Trinajstić information content (AvgIpc) is 2.39. The summed E-state index contributed by atoms with van der Waals surface area (Å²) in [6, 6.07) is 0.142. The second-order valence-corrected chi connectivity index (χ2v) is 7.87. The van der Waals surface area contributed by atoms with Crippen molar-refractivity contribution in [1.29, 1.82) is 0 Å². The third-order valence-corrected chi connectivity index (χ3v) is 5.71. The van der Waals surface area contributed by atoms with Crippen LogP contribution < -0.4 is 10.0 Å². The number of hydrogen-bond acceptors (Lipinski definition) is 4. The van der Waals surface area contributed by atoms with Crippen LogP contribution in [-0.2, 0) is 10.0 Å². The molecule has 0 spiro atoms. The molecule has 0 aromatic heterocycles. The Bertz CT molecular complexity index is 358. The molecule has 2 fully saturated rings. The van der Waals surface area contributed by atoms with Crippen LogP contribution in [0.1, 0.15) is 32.1 Å². The number of nitrogens with zero attached hydrogens (tertiary/aromatic N) is 1. The molecule has 2 aliphatic rings. The van der Waals surface area contributed by atoms with Crippen LogP contribution in [0.5, 0.6) is 0 Å². The Kier molecular flexibility index (Phi) is 5.62. The lowest BCUT2D eigenvalue weighted by atomic mass is 9.98. The normalized spacial score (nSPS) is 27.5. The van der Waals surface area contributed by atoms with Crippen LogP contribution in [0.2, 0.25) is 0 Å². The SMILES string of the molecule is CN1CCC(CNS(=O)(=O)CC2CCCCN2)CC1. The summed E-state index contributed by atoms with van der Waals surface area (Å²) in [5.41, 5.74) is 0. The molecule has 0 amide bonds. The first-order chi connectivity index (χ1) is 9.05. The van der Waals surface area contributed by atoms with Crippen LogP contribution in [-0.4, -0.2) is 58.3 Å². The summed E-state index contributed by atoms with van der Waals surface area (Å²) < 4.78 is 26.9. The van der Waals surface area contributed by atoms with E-state index in [9.17, 15) is 8.42 Å². The van der Waals surface area contributed by atoms with Gasteiger partial charge in [0.1, 0.15) is 0 Å². The van der Waals surface area contributed by atoms with Crippen molar-refractivity contribution >= 4 is 10.0 Å². The molecule has 0 bridgehead atoms. The maximum absolute atomic E-state index is 12.0. The van der Waals surface area contributed by atoms with Gasteiger partial charge in [0.2, 0.25) is 10.0 Å². The number of likely N-dealkylation sites (tertiary alicyclic amines) is 1. The summed E-state index contributed by atoms with van der Waals surface area (Å²) in [6.07, 6.45) is 5.48. The Morgan fingerprint density at radius 2 is 1.95 bits per heavy atom. The van der Waals surface area contributed by atoms with Crippen molar-refractivity contribution in [2.24, 2.45) is 5.92 Å². The summed E-state index contributed by atoms with van der Waals surface area (Å²) in [5, 5.41) is 3.29. The zero-order valence-electron chi connectivity index (χ0n) is 11.9. The van der Waals surface area contributed by atoms with E-state index in [0.717, 1.165) is 45.3 Å². The summed E-state index contributed by atoms with van der Waals surface area (Å²) in [4.78, 5) is 2.30. The Hall–Kier alpha value is -0.170. The second-order valence-electron chi connectivity index (χ2n) is 6.02. The lowest BCUT2D eigenvalue weighted by Crippen LogP contribution is -2.44. The molecule has 1 atom stereocenters. The van der Waals surface area contributed by atoms with E-state index in [1.165, 1.54) is 6.42 Å². The predicted molar refractivity (Wildman–Crippen MR) is 77.7 cm³/mol. The highest BCUT2D eigenvalue weighted by molar-refractivity contribution is 7.89. The van der Waals surface area contributed by atoms with Crippen molar-refractivity contribution in [2.45, 2.75) is 38.1 Å². The number of piperidine rings is 2. The average molecular weight is 289 g/mol. The van der Waals surface area contributed by atoms with Gasteiger partial charge >= 0.3 is 0 Å². The maximum Gasteiger partial charge on any atom is 0.213 e. The van der Waals surface area contributed by atoms with Gasteiger partial charge in [-0.15, -0.1) is 0 Å². The Morgan fingerprint density at radius 1 is 1.21 bits per heavy atom. The summed E-state index contributed by atoms with van der Waals surface area (Å²) in [5.74, 6) is 0.741. The third kappa shape index (κ3) is 5.38. The Balaban J connectivity index is 1.71. The number of hydrogen-bond donors (Lipinski definition) is 2. The first-order valence-electron chi connectivity index (χ1n) is 7.44. The van der Waals surface area contributed by atoms with Crippen molar-refractivity contribution in [3.05, 3.63) is 0 Å². The van der Waals surface area contributed by atoms with E-state index < -0.39 is 10.0 Å². The summed E-state index contributed by atoms with van der Waals surface area (Å²) >= 11 is 0. The molecule has 5 nitrogen and oxygen atoms in total. The van der Waals surface area contributed by atoms with Crippen LogP contribution in [0.4, 0.5) is 0 Å². The molecule has 19 heavy (non-hydrogen) atoms. The smallest absolute Gasteiger partial charge is 0.213 e. The van der Waals surface area contributed by atoms with Crippen molar-refractivity contribution in [2.75, 3.05) is 39.0 Å². The highest BCUT2D eigenvalue weighted by Gasteiger charge is 2.23. The van der Waals surface area contributed by atoms with Gasteiger partial charge in [-0.2, -0.15) is 0 Å². The van der Waals surface area contributed by atoms with Gasteiger partial charge in [-0.05, 0) is 58.3 Å². The lowest BCUT2D eigenvalue weighted by molar-refractivity contribution is 0.220. The second kappa shape index (κ2) is 7.02. The Labute approximate surface area is 117 Å². The lowest BCUT2D eigenvalue weighted by Gasteiger charge is -2.29. The molecular formula is C13H27N3O2S. The zero-order valence-corrected chi connectivity index (χ0v) is 12.7. The van der Waals surface area contributed by atoms with Gasteiger partial charge in [0.25, 0.3) is 0 Å². The van der Waals surface area contributed by atoms with Crippen molar-refractivity contribution in [1.82, 2.24) is 14.9 Å². The molecule has 0 aromatic rings. The van der Waals surface area contributed by atoms with Crippen molar-refractivity contribution < 1.29 is 8.42 Å². The van der Waals surface area contributed by atoms with E-state index in [1.54, 1.807) is 0 Å². The highest BCUT2D eigenvalue weighted by atomic mass is 32.2. The van der Waals surface area contributed by atoms with Crippen molar-refractivity contribution in [3.8, 4) is 0 Å². The molecule has 0 aromatic carbocycles. The molecule has 2 saturated heterocycles. The van der Waals surface area contributed by atoms with Crippen LogP contribution in [0.3, 0.4) is 0 Å². The van der Waals surface area contributed by atoms with Crippen molar-refractivity contribution in [3.63, 3.8) is 0 Å². The van der Waals surface area contributed by atoms with E-state index in [-0.39, 0.29) is 11.8 Å². The minimum absolute atomic E-state index is 0.142. The number of rotatable bonds is 5. The maximum atomic E-state index is 12.0. The van der Waals surface area contributed by atoms with Gasteiger partial charge in [0.15, 0.2) is 0 Å². The highest BCUT2D eigenvalue weighted by Crippen LogP contribution is 2.15. The molecular weight excluding hydrogens is 262 g/mol. The van der Waals surface area contributed by atoms with Crippen LogP contribution >= 0.6 is 0 Å². The fraction of sp³-hybridized carbons (Fsp3) is 1.00. The van der Waals surface area contributed by atoms with Gasteiger partial charge in [-0.1, -0.05) is 6.42 Å². The first kappa shape index (κ1) is 15.2. The van der Waals surface area contributed by atoms with E-state index >= 15 is 0 Å². The topological polar surface area (TPSA) is 61.4 Å². The van der Waals surface area contributed by atoms with Crippen LogP contribution in [0.15, 0.2) is 0 Å². The van der Waals surface area contributed by atoms with Gasteiger partial charge < -0.3 is 10.2 Å². The fourth-order valence-corrected chi connectivity index (χ4v) is 4.32. The molecule has 2 N–H and O–H groups in total. The molecule has 0 aliphatic carbocycles. The molecule has 1 unspecified atom stereocenters. The van der Waals surface area contributed by atoms with E-state index in [2.05, 4.69) is 22.0 Å². The minimum Gasteiger partial charge on any atom is -0.313 e. The first-order valence-corrected chi connectivity index (χ1v) is 9.10. The molecule has 0 radical (unpaired) electrons. The molecule has 2 heterocycles. The molecule has 112 valence electrons. The van der Waals surface area contributed by atoms with E-state index in [0.29, 0.717) is 12.5 Å². The molecule has 2 rings (SSSR count). The number of sulfonamides is 1. The minimum atomic E-state index is -3.12. The van der Waals surface area contributed by atoms with E-state index in [1.807, 2.05) is 0 Å². The predicted octanol–water partition coefficient (Wildman–Crippen LogP) is 0.390. The van der Waals surface area contributed by atoms with Gasteiger partial charge in [-0.25, -0.2) is 13.1 Å².